The summed E-state index contributed by atoms with van der Waals surface area (Å²) in [6.45, 7) is 0. The minimum Gasteiger partial charge on any atom is -0.346 e. The Morgan fingerprint density at radius 2 is 2.54 bits per heavy atom. The number of nitrogens with two attached hydrogens (primary N) is 1. The quantitative estimate of drug-likeness (QED) is 0.629. The molecule has 3 N–H and O–H groups in total. The van der Waals surface area contributed by atoms with Crippen LogP contribution in [0.25, 0.3) is 0 Å². The van der Waals surface area contributed by atoms with Gasteiger partial charge in [0.25, 0.3) is 5.91 Å². The standard InChI is InChI=1S/C8H12N4O/c1-12-3-2-6(11-12)8(13)10-7-4-5(7)9/h2-3,5,7H,4,9H2,1H3,(H,10,13). The van der Waals surface area contributed by atoms with Gasteiger partial charge in [0.15, 0.2) is 0 Å². The lowest BCUT2D eigenvalue weighted by atomic mass is 10.4. The summed E-state index contributed by atoms with van der Waals surface area (Å²) in [5.41, 5.74) is 6.00. The Morgan fingerprint density at radius 1 is 1.85 bits per heavy atom. The second-order valence-corrected chi connectivity index (χ2v) is 3.35. The Bertz CT molecular complexity index is 333. The Balaban J connectivity index is 1.97. The van der Waals surface area contributed by atoms with E-state index in [4.69, 9.17) is 5.73 Å². The summed E-state index contributed by atoms with van der Waals surface area (Å²) in [7, 11) is 1.78. The van der Waals surface area contributed by atoms with Crippen LogP contribution >= 0.6 is 0 Å². The van der Waals surface area contributed by atoms with Gasteiger partial charge in [0.05, 0.1) is 0 Å². The molecule has 0 aliphatic heterocycles. The number of rotatable bonds is 2. The molecule has 1 fully saturated rings. The van der Waals surface area contributed by atoms with Gasteiger partial charge in [0, 0.05) is 25.3 Å². The molecule has 2 atom stereocenters. The van der Waals surface area contributed by atoms with Gasteiger partial charge in [0.2, 0.25) is 0 Å². The topological polar surface area (TPSA) is 72.9 Å². The van der Waals surface area contributed by atoms with Crippen molar-refractivity contribution >= 4 is 5.91 Å². The van der Waals surface area contributed by atoms with E-state index in [2.05, 4.69) is 10.4 Å². The first-order chi connectivity index (χ1) is 6.16. The molecule has 1 aromatic rings. The van der Waals surface area contributed by atoms with Crippen molar-refractivity contribution in [2.75, 3.05) is 0 Å². The van der Waals surface area contributed by atoms with Crippen molar-refractivity contribution in [1.82, 2.24) is 15.1 Å². The van der Waals surface area contributed by atoms with Gasteiger partial charge >= 0.3 is 0 Å². The van der Waals surface area contributed by atoms with Crippen molar-refractivity contribution in [1.29, 1.82) is 0 Å². The van der Waals surface area contributed by atoms with E-state index in [-0.39, 0.29) is 18.0 Å². The number of hydrogen-bond acceptors (Lipinski definition) is 3. The van der Waals surface area contributed by atoms with Crippen molar-refractivity contribution in [3.05, 3.63) is 18.0 Å². The van der Waals surface area contributed by atoms with Gasteiger partial charge in [-0.3, -0.25) is 9.48 Å². The molecule has 0 spiro atoms. The molecule has 0 bridgehead atoms. The predicted molar refractivity (Wildman–Crippen MR) is 47.1 cm³/mol. The second-order valence-electron chi connectivity index (χ2n) is 3.35. The smallest absolute Gasteiger partial charge is 0.272 e. The van der Waals surface area contributed by atoms with E-state index in [0.29, 0.717) is 5.69 Å². The highest BCUT2D eigenvalue weighted by Gasteiger charge is 2.35. The second kappa shape index (κ2) is 2.85. The zero-order valence-corrected chi connectivity index (χ0v) is 7.40. The molecule has 2 rings (SSSR count). The van der Waals surface area contributed by atoms with E-state index >= 15 is 0 Å². The van der Waals surface area contributed by atoms with Crippen LogP contribution in [0.2, 0.25) is 0 Å². The van der Waals surface area contributed by atoms with Crippen LogP contribution in [0.4, 0.5) is 0 Å². The fourth-order valence-electron chi connectivity index (χ4n) is 1.16. The molecule has 1 saturated carbocycles. The first kappa shape index (κ1) is 8.25. The average Bonchev–Trinajstić information content (AvgIpc) is 2.62. The van der Waals surface area contributed by atoms with Gasteiger partial charge < -0.3 is 11.1 Å². The summed E-state index contributed by atoms with van der Waals surface area (Å²) in [5.74, 6) is -0.140. The maximum Gasteiger partial charge on any atom is 0.272 e. The molecular formula is C8H12N4O. The zero-order chi connectivity index (χ0) is 9.42. The Kier molecular flexibility index (Phi) is 1.81. The third-order valence-corrected chi connectivity index (χ3v) is 2.10. The molecule has 1 heterocycles. The number of aryl methyl sites for hydroxylation is 1. The lowest BCUT2D eigenvalue weighted by Gasteiger charge is -1.99. The van der Waals surface area contributed by atoms with E-state index in [9.17, 15) is 4.79 Å². The third kappa shape index (κ3) is 1.70. The maximum atomic E-state index is 11.4. The lowest BCUT2D eigenvalue weighted by Crippen LogP contribution is -2.29. The summed E-state index contributed by atoms with van der Waals surface area (Å²) < 4.78 is 1.60. The normalized spacial score (nSPS) is 25.7. The molecule has 5 heteroatoms. The Hall–Kier alpha value is -1.36. The molecule has 13 heavy (non-hydrogen) atoms. The highest BCUT2D eigenvalue weighted by atomic mass is 16.2. The molecule has 1 aliphatic rings. The number of hydrogen-bond donors (Lipinski definition) is 2. The van der Waals surface area contributed by atoms with Crippen LogP contribution in [0.3, 0.4) is 0 Å². The van der Waals surface area contributed by atoms with Crippen molar-refractivity contribution in [2.45, 2.75) is 18.5 Å². The number of amides is 1. The van der Waals surface area contributed by atoms with Crippen LogP contribution in [0.1, 0.15) is 16.9 Å². The minimum atomic E-state index is -0.140. The van der Waals surface area contributed by atoms with E-state index in [0.717, 1.165) is 6.42 Å². The Morgan fingerprint density at radius 3 is 3.00 bits per heavy atom. The molecular weight excluding hydrogens is 168 g/mol. The number of carbonyl (C=O) groups is 1. The summed E-state index contributed by atoms with van der Waals surface area (Å²) in [6.07, 6.45) is 2.61. The molecule has 1 amide bonds. The average molecular weight is 180 g/mol. The van der Waals surface area contributed by atoms with Gasteiger partial charge in [-0.1, -0.05) is 0 Å². The summed E-state index contributed by atoms with van der Waals surface area (Å²) in [6, 6.07) is 1.96. The molecule has 0 saturated heterocycles. The van der Waals surface area contributed by atoms with E-state index in [1.807, 2.05) is 0 Å². The van der Waals surface area contributed by atoms with Crippen LogP contribution in [-0.4, -0.2) is 27.8 Å². The fourth-order valence-corrected chi connectivity index (χ4v) is 1.16. The largest absolute Gasteiger partial charge is 0.346 e. The molecule has 2 unspecified atom stereocenters. The molecule has 0 radical (unpaired) electrons. The molecule has 70 valence electrons. The zero-order valence-electron chi connectivity index (χ0n) is 7.40. The molecule has 1 aromatic heterocycles. The fraction of sp³-hybridized carbons (Fsp3) is 0.500. The number of nitrogens with zero attached hydrogens (tertiary/aromatic N) is 2. The minimum absolute atomic E-state index is 0.132. The van der Waals surface area contributed by atoms with Crippen molar-refractivity contribution in [2.24, 2.45) is 12.8 Å². The van der Waals surface area contributed by atoms with Gasteiger partial charge in [-0.25, -0.2) is 0 Å². The molecule has 0 aromatic carbocycles. The van der Waals surface area contributed by atoms with Gasteiger partial charge in [0.1, 0.15) is 5.69 Å². The van der Waals surface area contributed by atoms with E-state index in [1.54, 1.807) is 24.0 Å². The molecule has 1 aliphatic carbocycles. The SMILES string of the molecule is Cn1ccc(C(=O)NC2CC2N)n1. The molecule has 5 nitrogen and oxygen atoms in total. The van der Waals surface area contributed by atoms with E-state index < -0.39 is 0 Å². The highest BCUT2D eigenvalue weighted by molar-refractivity contribution is 5.92. The van der Waals surface area contributed by atoms with Crippen molar-refractivity contribution in [3.63, 3.8) is 0 Å². The van der Waals surface area contributed by atoms with Crippen molar-refractivity contribution < 1.29 is 4.79 Å². The lowest BCUT2D eigenvalue weighted by molar-refractivity contribution is 0.0944. The third-order valence-electron chi connectivity index (χ3n) is 2.10. The van der Waals surface area contributed by atoms with Gasteiger partial charge in [-0.05, 0) is 12.5 Å². The van der Waals surface area contributed by atoms with Crippen LogP contribution in [-0.2, 0) is 7.05 Å². The summed E-state index contributed by atoms with van der Waals surface area (Å²) in [4.78, 5) is 11.4. The van der Waals surface area contributed by atoms with Crippen LogP contribution in [0, 0.1) is 0 Å². The number of carbonyl (C=O) groups excluding carboxylic acids is 1. The predicted octanol–water partition coefficient (Wildman–Crippen LogP) is -0.750. The maximum absolute atomic E-state index is 11.4. The summed E-state index contributed by atoms with van der Waals surface area (Å²) in [5, 5.41) is 6.77. The van der Waals surface area contributed by atoms with Crippen LogP contribution in [0.15, 0.2) is 12.3 Å². The first-order valence-electron chi connectivity index (χ1n) is 4.23. The van der Waals surface area contributed by atoms with Crippen molar-refractivity contribution in [3.8, 4) is 0 Å². The monoisotopic (exact) mass is 180 g/mol. The highest BCUT2D eigenvalue weighted by Crippen LogP contribution is 2.17. The van der Waals surface area contributed by atoms with Crippen LogP contribution in [0.5, 0.6) is 0 Å². The van der Waals surface area contributed by atoms with Gasteiger partial charge in [-0.15, -0.1) is 0 Å². The van der Waals surface area contributed by atoms with Gasteiger partial charge in [-0.2, -0.15) is 5.10 Å². The Labute approximate surface area is 75.9 Å². The van der Waals surface area contributed by atoms with Crippen LogP contribution < -0.4 is 11.1 Å². The summed E-state index contributed by atoms with van der Waals surface area (Å²) >= 11 is 0. The number of aromatic nitrogens is 2. The first-order valence-corrected chi connectivity index (χ1v) is 4.23. The van der Waals surface area contributed by atoms with E-state index in [1.165, 1.54) is 0 Å². The number of nitrogens with one attached hydrogen (secondary N) is 1.